The van der Waals surface area contributed by atoms with Gasteiger partial charge in [-0.25, -0.2) is 4.79 Å². The van der Waals surface area contributed by atoms with E-state index in [2.05, 4.69) is 0 Å². The maximum atomic E-state index is 12.6. The van der Waals surface area contributed by atoms with Gasteiger partial charge in [0.25, 0.3) is 0 Å². The van der Waals surface area contributed by atoms with Crippen LogP contribution in [0.4, 0.5) is 0 Å². The lowest BCUT2D eigenvalue weighted by Gasteiger charge is -2.43. The van der Waals surface area contributed by atoms with Crippen molar-refractivity contribution < 1.29 is 59.1 Å². The summed E-state index contributed by atoms with van der Waals surface area (Å²) in [5.74, 6) is -1.69. The van der Waals surface area contributed by atoms with Crippen molar-refractivity contribution in [2.45, 2.75) is 62.0 Å². The highest BCUT2D eigenvalue weighted by atomic mass is 16.8. The molecule has 4 rings (SSSR count). The van der Waals surface area contributed by atoms with E-state index in [1.165, 1.54) is 31.6 Å². The number of rotatable bonds is 7. The van der Waals surface area contributed by atoms with E-state index < -0.39 is 73.1 Å². The number of hydrogen-bond acceptors (Lipinski definition) is 12. The third kappa shape index (κ3) is 5.60. The van der Waals surface area contributed by atoms with Gasteiger partial charge in [0.05, 0.1) is 31.5 Å². The van der Waals surface area contributed by atoms with Gasteiger partial charge in [0.1, 0.15) is 30.5 Å². The topological polar surface area (TPSA) is 185 Å². The summed E-state index contributed by atoms with van der Waals surface area (Å²) in [4.78, 5) is 12.6. The van der Waals surface area contributed by atoms with Gasteiger partial charge in [0.2, 0.25) is 6.29 Å². The molecule has 0 spiro atoms. The Morgan fingerprint density at radius 2 is 1.95 bits per heavy atom. The number of benzene rings is 1. The van der Waals surface area contributed by atoms with E-state index in [1.54, 1.807) is 25.1 Å². The number of aromatic hydroxyl groups is 1. The van der Waals surface area contributed by atoms with Crippen LogP contribution < -0.4 is 4.74 Å². The van der Waals surface area contributed by atoms with Crippen LogP contribution in [0.1, 0.15) is 18.9 Å². The molecule has 2 fully saturated rings. The summed E-state index contributed by atoms with van der Waals surface area (Å²) < 4.78 is 27.4. The highest BCUT2D eigenvalue weighted by molar-refractivity contribution is 5.87. The lowest BCUT2D eigenvalue weighted by atomic mass is 9.85. The lowest BCUT2D eigenvalue weighted by molar-refractivity contribution is -0.346. The Morgan fingerprint density at radius 3 is 2.65 bits per heavy atom. The van der Waals surface area contributed by atoms with Crippen LogP contribution >= 0.6 is 0 Å². The Labute approximate surface area is 212 Å². The van der Waals surface area contributed by atoms with Crippen molar-refractivity contribution in [2.24, 2.45) is 11.8 Å². The molecule has 0 bridgehead atoms. The molecule has 1 aromatic rings. The van der Waals surface area contributed by atoms with Crippen molar-refractivity contribution in [1.29, 1.82) is 0 Å². The molecule has 3 aliphatic rings. The number of phenolic OH excluding ortho intramolecular Hbond substituents is 1. The molecule has 0 amide bonds. The van der Waals surface area contributed by atoms with Gasteiger partial charge in [0, 0.05) is 18.4 Å². The lowest BCUT2D eigenvalue weighted by Crippen LogP contribution is -2.60. The summed E-state index contributed by atoms with van der Waals surface area (Å²) in [5, 5.41) is 60.6. The van der Waals surface area contributed by atoms with E-state index in [9.17, 15) is 35.4 Å². The Balaban J connectivity index is 1.44. The van der Waals surface area contributed by atoms with Crippen LogP contribution in [0.3, 0.4) is 0 Å². The minimum atomic E-state index is -1.64. The minimum absolute atomic E-state index is 0.0340. The summed E-state index contributed by atoms with van der Waals surface area (Å²) in [6.45, 7) is 0.922. The molecule has 2 aliphatic heterocycles. The maximum absolute atomic E-state index is 12.6. The number of carbonyl (C=O) groups is 1. The molecule has 0 radical (unpaired) electrons. The highest BCUT2D eigenvalue weighted by Gasteiger charge is 2.57. The van der Waals surface area contributed by atoms with E-state index in [4.69, 9.17) is 23.7 Å². The van der Waals surface area contributed by atoms with E-state index in [-0.39, 0.29) is 17.9 Å². The zero-order chi connectivity index (χ0) is 26.9. The number of esters is 1. The number of hydrogen-bond donors (Lipinski definition) is 6. The van der Waals surface area contributed by atoms with Crippen molar-refractivity contribution in [3.05, 3.63) is 42.2 Å². The van der Waals surface area contributed by atoms with Crippen LogP contribution in [-0.2, 0) is 23.7 Å². The number of aliphatic hydroxyl groups excluding tert-OH is 4. The van der Waals surface area contributed by atoms with E-state index >= 15 is 0 Å². The highest BCUT2D eigenvalue weighted by Crippen LogP contribution is 2.48. The Kier molecular flexibility index (Phi) is 8.09. The summed E-state index contributed by atoms with van der Waals surface area (Å²) in [7, 11) is 1.41. The number of fused-ring (bicyclic) bond motifs is 1. The molecular weight excluding hydrogens is 492 g/mol. The normalized spacial score (nSPS) is 39.3. The second-order valence-corrected chi connectivity index (χ2v) is 9.57. The van der Waals surface area contributed by atoms with Crippen LogP contribution in [0.15, 0.2) is 36.6 Å². The summed E-state index contributed by atoms with van der Waals surface area (Å²) in [6, 6.07) is 4.59. The molecule has 12 heteroatoms. The molecule has 0 aromatic heterocycles. The second-order valence-electron chi connectivity index (χ2n) is 9.57. The van der Waals surface area contributed by atoms with Gasteiger partial charge in [0.15, 0.2) is 17.8 Å². The number of methoxy groups -OCH3 is 1. The molecule has 1 saturated carbocycles. The third-order valence-corrected chi connectivity index (χ3v) is 6.98. The quantitative estimate of drug-likeness (QED) is 0.197. The fraction of sp³-hybridized carbons (Fsp3) is 0.560. The predicted octanol–water partition coefficient (Wildman–Crippen LogP) is -0.601. The predicted molar refractivity (Wildman–Crippen MR) is 125 cm³/mol. The first-order chi connectivity index (χ1) is 17.6. The van der Waals surface area contributed by atoms with Gasteiger partial charge < -0.3 is 54.3 Å². The van der Waals surface area contributed by atoms with Crippen molar-refractivity contribution in [3.63, 3.8) is 0 Å². The Morgan fingerprint density at radius 1 is 1.19 bits per heavy atom. The number of aliphatic hydroxyl groups is 5. The van der Waals surface area contributed by atoms with Crippen molar-refractivity contribution in [1.82, 2.24) is 0 Å². The van der Waals surface area contributed by atoms with Crippen LogP contribution in [0.2, 0.25) is 0 Å². The average molecular weight is 525 g/mol. The summed E-state index contributed by atoms with van der Waals surface area (Å²) in [6.07, 6.45) is -3.58. The molecule has 204 valence electrons. The van der Waals surface area contributed by atoms with Crippen molar-refractivity contribution in [2.75, 3.05) is 13.7 Å². The minimum Gasteiger partial charge on any atom is -0.504 e. The SMILES string of the molecule is COc1cc(/C=C\C(=O)OC2C[C@](C)(O)[C@H]3[C@H](O[C@@H]4O[C@H](CO)[C@@H](O)[C@H](O)[C@H]4O)OC=C[C@@H]23)ccc1O. The first-order valence-electron chi connectivity index (χ1n) is 11.8. The number of carbonyl (C=O) groups excluding carboxylic acids is 1. The maximum Gasteiger partial charge on any atom is 0.331 e. The van der Waals surface area contributed by atoms with Crippen molar-refractivity contribution >= 4 is 12.0 Å². The molecule has 1 unspecified atom stereocenters. The molecule has 2 heterocycles. The van der Waals surface area contributed by atoms with Gasteiger partial charge in [-0.3, -0.25) is 0 Å². The van der Waals surface area contributed by atoms with Gasteiger partial charge in [-0.1, -0.05) is 6.07 Å². The van der Waals surface area contributed by atoms with E-state index in [0.29, 0.717) is 5.56 Å². The average Bonchev–Trinajstić information content (AvgIpc) is 3.13. The largest absolute Gasteiger partial charge is 0.504 e. The Bertz CT molecular complexity index is 1020. The molecule has 12 nitrogen and oxygen atoms in total. The zero-order valence-electron chi connectivity index (χ0n) is 20.3. The molecule has 37 heavy (non-hydrogen) atoms. The monoisotopic (exact) mass is 524 g/mol. The van der Waals surface area contributed by atoms with E-state index in [0.717, 1.165) is 0 Å². The fourth-order valence-electron chi connectivity index (χ4n) is 5.04. The van der Waals surface area contributed by atoms with Crippen LogP contribution in [0, 0.1) is 11.8 Å². The zero-order valence-corrected chi connectivity index (χ0v) is 20.3. The molecule has 10 atom stereocenters. The Hall–Kier alpha value is -2.71. The van der Waals surface area contributed by atoms with Crippen molar-refractivity contribution in [3.8, 4) is 11.5 Å². The number of ether oxygens (including phenoxy) is 5. The molecule has 1 saturated heterocycles. The van der Waals surface area contributed by atoms with Gasteiger partial charge in [-0.05, 0) is 36.8 Å². The van der Waals surface area contributed by atoms with Crippen LogP contribution in [-0.4, -0.2) is 99.0 Å². The molecular formula is C25H32O12. The third-order valence-electron chi connectivity index (χ3n) is 6.98. The standard InChI is InChI=1S/C25H32O12/c1-25(32)10-16(35-18(28)6-4-12-3-5-14(27)15(9-12)33-2)13-7-8-34-23(19(13)25)37-24-22(31)21(30)20(29)17(11-26)36-24/h3-9,13,16-17,19-24,26-27,29-32H,10-11H2,1-2H3/b6-4-/t13-,16?,17+,19+,20+,21-,22+,23-,24-,25-/m0/s1. The van der Waals surface area contributed by atoms with Gasteiger partial charge in [-0.2, -0.15) is 0 Å². The molecule has 6 N–H and O–H groups in total. The second kappa shape index (κ2) is 11.0. The first-order valence-corrected chi connectivity index (χ1v) is 11.8. The molecule has 1 aliphatic carbocycles. The van der Waals surface area contributed by atoms with Gasteiger partial charge in [-0.15, -0.1) is 0 Å². The summed E-state index contributed by atoms with van der Waals surface area (Å²) in [5.41, 5.74) is -0.811. The summed E-state index contributed by atoms with van der Waals surface area (Å²) >= 11 is 0. The van der Waals surface area contributed by atoms with Crippen LogP contribution in [0.25, 0.3) is 6.08 Å². The number of phenols is 1. The van der Waals surface area contributed by atoms with E-state index in [1.807, 2.05) is 0 Å². The fourth-order valence-corrected chi connectivity index (χ4v) is 5.04. The molecule has 1 aromatic carbocycles. The first kappa shape index (κ1) is 27.3. The van der Waals surface area contributed by atoms with Crippen LogP contribution in [0.5, 0.6) is 11.5 Å². The van der Waals surface area contributed by atoms with Gasteiger partial charge >= 0.3 is 5.97 Å². The smallest absolute Gasteiger partial charge is 0.331 e.